The Balaban J connectivity index is 1.61. The number of rotatable bonds is 1. The van der Waals surface area contributed by atoms with E-state index >= 15 is 0 Å². The number of halogens is 1. The first-order valence-corrected chi connectivity index (χ1v) is 8.67. The Morgan fingerprint density at radius 3 is 3.04 bits per heavy atom. The number of fused-ring (bicyclic) bond motifs is 4. The molecule has 4 aliphatic rings. The van der Waals surface area contributed by atoms with Gasteiger partial charge < -0.3 is 14.7 Å². The molecule has 1 N–H and O–H groups in total. The number of piperidine rings is 1. The second kappa shape index (κ2) is 5.22. The molecule has 0 spiro atoms. The Labute approximate surface area is 144 Å². The van der Waals surface area contributed by atoms with Crippen LogP contribution in [0, 0.1) is 11.7 Å². The third kappa shape index (κ3) is 2.08. The summed E-state index contributed by atoms with van der Waals surface area (Å²) in [6.07, 6.45) is 4.28. The number of nitrogens with zero attached hydrogens (tertiary/aromatic N) is 2. The predicted molar refractivity (Wildman–Crippen MR) is 91.3 cm³/mol. The Morgan fingerprint density at radius 2 is 2.20 bits per heavy atom. The van der Waals surface area contributed by atoms with Crippen molar-refractivity contribution < 1.29 is 14.2 Å². The van der Waals surface area contributed by atoms with E-state index in [9.17, 15) is 9.50 Å². The second-order valence-corrected chi connectivity index (χ2v) is 7.03. The Bertz CT molecular complexity index is 1000. The fraction of sp³-hybridized carbons (Fsp3) is 0.350. The van der Waals surface area contributed by atoms with Crippen LogP contribution < -0.4 is 10.6 Å². The van der Waals surface area contributed by atoms with Gasteiger partial charge in [-0.05, 0) is 42.0 Å². The molecule has 1 aliphatic carbocycles. The zero-order chi connectivity index (χ0) is 17.1. The van der Waals surface area contributed by atoms with Crippen LogP contribution in [-0.2, 0) is 4.74 Å². The van der Waals surface area contributed by atoms with Gasteiger partial charge in [0.25, 0.3) is 0 Å². The molecule has 0 amide bonds. The summed E-state index contributed by atoms with van der Waals surface area (Å²) in [5.41, 5.74) is 4.60. The van der Waals surface area contributed by atoms with Gasteiger partial charge in [-0.25, -0.2) is 9.38 Å². The highest BCUT2D eigenvalue weighted by Crippen LogP contribution is 2.43. The number of benzene rings is 1. The maximum absolute atomic E-state index is 14.2. The molecule has 0 saturated carbocycles. The number of hydrogen-bond acceptors (Lipinski definition) is 4. The fourth-order valence-corrected chi connectivity index (χ4v) is 4.45. The van der Waals surface area contributed by atoms with Gasteiger partial charge in [-0.15, -0.1) is 0 Å². The lowest BCUT2D eigenvalue weighted by Crippen LogP contribution is -2.39. The number of para-hydroxylation sites is 1. The smallest absolute Gasteiger partial charge is 0.156 e. The molecule has 128 valence electrons. The molecule has 0 aromatic heterocycles. The lowest BCUT2D eigenvalue weighted by Gasteiger charge is -2.42. The van der Waals surface area contributed by atoms with Crippen molar-refractivity contribution in [2.75, 3.05) is 20.2 Å². The standard InChI is InChI=1S/C20H19FN2O2/c1-25-18-9-12-10-23-6-5-14-13-3-2-4-15(21)19(13)22-20(14)16(23)7-11(12)8-17(18)24/h2-4,9,11,24H,5-8,10H2,1H3/t11-/m0/s1. The minimum absolute atomic E-state index is 0.251. The summed E-state index contributed by atoms with van der Waals surface area (Å²) in [6, 6.07) is 5.20. The number of aliphatic hydroxyl groups excluding tert-OH is 1. The molecule has 0 unspecified atom stereocenters. The van der Waals surface area contributed by atoms with Crippen LogP contribution in [0.1, 0.15) is 19.3 Å². The number of ether oxygens (including phenoxy) is 1. The van der Waals surface area contributed by atoms with Crippen LogP contribution in [0.3, 0.4) is 0 Å². The fourth-order valence-electron chi connectivity index (χ4n) is 4.45. The van der Waals surface area contributed by atoms with E-state index in [1.807, 2.05) is 12.1 Å². The molecule has 3 aliphatic heterocycles. The normalized spacial score (nSPS) is 24.2. The Morgan fingerprint density at radius 1 is 1.32 bits per heavy atom. The van der Waals surface area contributed by atoms with Crippen molar-refractivity contribution in [1.82, 2.24) is 4.90 Å². The summed E-state index contributed by atoms with van der Waals surface area (Å²) in [7, 11) is 1.59. The molecule has 1 aromatic carbocycles. The molecule has 25 heavy (non-hydrogen) atoms. The SMILES string of the molecule is COC1=C(O)C[C@@H]2CC3=C4N=c5c(F)cccc5=C4CCN3CC2=C1. The quantitative estimate of drug-likeness (QED) is 0.855. The monoisotopic (exact) mass is 338 g/mol. The molecule has 0 bridgehead atoms. The van der Waals surface area contributed by atoms with Crippen molar-refractivity contribution in [2.45, 2.75) is 19.3 Å². The van der Waals surface area contributed by atoms with Crippen LogP contribution in [0.4, 0.5) is 4.39 Å². The minimum atomic E-state index is -0.251. The van der Waals surface area contributed by atoms with Crippen molar-refractivity contribution in [2.24, 2.45) is 10.9 Å². The van der Waals surface area contributed by atoms with Crippen molar-refractivity contribution >= 4 is 5.57 Å². The summed E-state index contributed by atoms with van der Waals surface area (Å²) in [5, 5.41) is 11.6. The highest BCUT2D eigenvalue weighted by Gasteiger charge is 2.36. The van der Waals surface area contributed by atoms with Gasteiger partial charge in [-0.2, -0.15) is 0 Å². The average Bonchev–Trinajstić information content (AvgIpc) is 3.00. The molecule has 1 aromatic rings. The van der Waals surface area contributed by atoms with Gasteiger partial charge in [0.05, 0.1) is 12.8 Å². The van der Waals surface area contributed by atoms with Gasteiger partial charge in [0.15, 0.2) is 5.76 Å². The van der Waals surface area contributed by atoms with E-state index in [0.29, 0.717) is 23.3 Å². The van der Waals surface area contributed by atoms with E-state index in [1.54, 1.807) is 13.2 Å². The first kappa shape index (κ1) is 14.8. The number of methoxy groups -OCH3 is 1. The Hall–Kier alpha value is -2.56. The van der Waals surface area contributed by atoms with Crippen LogP contribution in [0.2, 0.25) is 0 Å². The van der Waals surface area contributed by atoms with E-state index in [1.165, 1.54) is 22.9 Å². The molecule has 5 rings (SSSR count). The maximum atomic E-state index is 14.2. The minimum Gasteiger partial charge on any atom is -0.508 e. The summed E-state index contributed by atoms with van der Waals surface area (Å²) < 4.78 is 19.4. The van der Waals surface area contributed by atoms with Crippen LogP contribution in [0.25, 0.3) is 5.57 Å². The van der Waals surface area contributed by atoms with Crippen molar-refractivity contribution in [3.05, 3.63) is 69.2 Å². The van der Waals surface area contributed by atoms with E-state index in [0.717, 1.165) is 36.8 Å². The average molecular weight is 338 g/mol. The van der Waals surface area contributed by atoms with E-state index < -0.39 is 0 Å². The van der Waals surface area contributed by atoms with Crippen LogP contribution in [0.15, 0.2) is 57.8 Å². The van der Waals surface area contributed by atoms with Crippen molar-refractivity contribution in [1.29, 1.82) is 0 Å². The summed E-state index contributed by atoms with van der Waals surface area (Å²) in [4.78, 5) is 7.00. The van der Waals surface area contributed by atoms with Crippen molar-refractivity contribution in [3.8, 4) is 0 Å². The van der Waals surface area contributed by atoms with Crippen LogP contribution >= 0.6 is 0 Å². The topological polar surface area (TPSA) is 45.1 Å². The first-order valence-electron chi connectivity index (χ1n) is 8.67. The van der Waals surface area contributed by atoms with Crippen LogP contribution in [0.5, 0.6) is 0 Å². The summed E-state index contributed by atoms with van der Waals surface area (Å²) >= 11 is 0. The largest absolute Gasteiger partial charge is 0.508 e. The molecule has 1 saturated heterocycles. The highest BCUT2D eigenvalue weighted by atomic mass is 19.1. The molecule has 5 heteroatoms. The number of aliphatic hydroxyl groups is 1. The van der Waals surface area contributed by atoms with Gasteiger partial charge in [0, 0.05) is 30.4 Å². The predicted octanol–water partition coefficient (Wildman–Crippen LogP) is 2.29. The Kier molecular flexibility index (Phi) is 3.08. The van der Waals surface area contributed by atoms with Gasteiger partial charge in [-0.1, -0.05) is 12.1 Å². The zero-order valence-electron chi connectivity index (χ0n) is 14.1. The molecular formula is C20H19FN2O2. The molecule has 3 heterocycles. The second-order valence-electron chi connectivity index (χ2n) is 7.03. The molecule has 1 atom stereocenters. The van der Waals surface area contributed by atoms with E-state index in [2.05, 4.69) is 9.89 Å². The number of allylic oxidation sites excluding steroid dienone is 4. The highest BCUT2D eigenvalue weighted by molar-refractivity contribution is 5.69. The first-order chi connectivity index (χ1) is 12.2. The van der Waals surface area contributed by atoms with E-state index in [-0.39, 0.29) is 11.7 Å². The molecule has 4 nitrogen and oxygen atoms in total. The van der Waals surface area contributed by atoms with Gasteiger partial charge in [0.2, 0.25) is 0 Å². The third-order valence-corrected chi connectivity index (χ3v) is 5.71. The van der Waals surface area contributed by atoms with Crippen LogP contribution in [-0.4, -0.2) is 30.2 Å². The van der Waals surface area contributed by atoms with E-state index in [4.69, 9.17) is 4.74 Å². The van der Waals surface area contributed by atoms with Gasteiger partial charge in [0.1, 0.15) is 16.9 Å². The third-order valence-electron chi connectivity index (χ3n) is 5.71. The number of hydrogen-bond donors (Lipinski definition) is 1. The summed E-state index contributed by atoms with van der Waals surface area (Å²) in [6.45, 7) is 1.74. The molecule has 0 radical (unpaired) electrons. The molecule has 1 fully saturated rings. The zero-order valence-corrected chi connectivity index (χ0v) is 14.1. The maximum Gasteiger partial charge on any atom is 0.156 e. The lowest BCUT2D eigenvalue weighted by atomic mass is 9.80. The lowest BCUT2D eigenvalue weighted by molar-refractivity contribution is 0.226. The molecular weight excluding hydrogens is 319 g/mol. The van der Waals surface area contributed by atoms with Crippen molar-refractivity contribution in [3.63, 3.8) is 0 Å². The van der Waals surface area contributed by atoms with Gasteiger partial charge >= 0.3 is 0 Å². The summed E-state index contributed by atoms with van der Waals surface area (Å²) in [5.74, 6) is 0.902. The van der Waals surface area contributed by atoms with Gasteiger partial charge in [-0.3, -0.25) is 0 Å².